The number of thiophene rings is 1. The van der Waals surface area contributed by atoms with Crippen molar-refractivity contribution >= 4 is 29.0 Å². The molecule has 0 amide bonds. The molecule has 0 saturated carbocycles. The molecule has 2 aromatic heterocycles. The molecule has 33 heavy (non-hydrogen) atoms. The predicted molar refractivity (Wildman–Crippen MR) is 119 cm³/mol. The molecule has 0 N–H and O–H groups in total. The van der Waals surface area contributed by atoms with Crippen molar-refractivity contribution < 1.29 is 28.7 Å². The van der Waals surface area contributed by atoms with Crippen molar-refractivity contribution in [3.63, 3.8) is 0 Å². The minimum absolute atomic E-state index is 0.0323. The van der Waals surface area contributed by atoms with Crippen LogP contribution in [0.4, 0.5) is 5.69 Å². The Morgan fingerprint density at radius 3 is 2.42 bits per heavy atom. The molecule has 2 heterocycles. The molecule has 0 spiro atoms. The van der Waals surface area contributed by atoms with Crippen LogP contribution in [0.2, 0.25) is 0 Å². The highest BCUT2D eigenvalue weighted by atomic mass is 32.1. The lowest BCUT2D eigenvalue weighted by atomic mass is 9.97. The Morgan fingerprint density at radius 2 is 1.82 bits per heavy atom. The van der Waals surface area contributed by atoms with E-state index in [-0.39, 0.29) is 40.3 Å². The standard InChI is InChI=1S/C22H21N3O7S/c1-22(2,3)21(27)32-16-15(20(26)30-4)23-18(17-14(25(28)29)10-11-33-17)24-19(16)31-12-13-8-6-5-7-9-13/h5-11H,12H2,1-4H3. The third kappa shape index (κ3) is 5.50. The van der Waals surface area contributed by atoms with E-state index in [1.165, 1.54) is 11.4 Å². The first kappa shape index (κ1) is 23.8. The fraction of sp³-hybridized carbons (Fsp3) is 0.273. The number of esters is 2. The number of methoxy groups -OCH3 is 1. The quantitative estimate of drug-likeness (QED) is 0.279. The Bertz CT molecular complexity index is 1190. The van der Waals surface area contributed by atoms with Gasteiger partial charge in [-0.25, -0.2) is 9.78 Å². The van der Waals surface area contributed by atoms with Crippen LogP contribution in [0, 0.1) is 15.5 Å². The summed E-state index contributed by atoms with van der Waals surface area (Å²) >= 11 is 1.02. The Balaban J connectivity index is 2.17. The third-order valence-electron chi connectivity index (χ3n) is 4.28. The molecule has 0 aliphatic heterocycles. The van der Waals surface area contributed by atoms with Crippen molar-refractivity contribution in [2.45, 2.75) is 27.4 Å². The largest absolute Gasteiger partial charge is 0.470 e. The van der Waals surface area contributed by atoms with E-state index < -0.39 is 22.3 Å². The zero-order valence-electron chi connectivity index (χ0n) is 18.4. The molecule has 10 nitrogen and oxygen atoms in total. The average molecular weight is 471 g/mol. The number of hydrogen-bond donors (Lipinski definition) is 0. The average Bonchev–Trinajstić information content (AvgIpc) is 3.28. The van der Waals surface area contributed by atoms with E-state index in [0.29, 0.717) is 0 Å². The van der Waals surface area contributed by atoms with Gasteiger partial charge in [0, 0.05) is 6.07 Å². The molecule has 0 unspecified atom stereocenters. The molecule has 172 valence electrons. The smallest absolute Gasteiger partial charge is 0.360 e. The normalized spacial score (nSPS) is 11.0. The van der Waals surface area contributed by atoms with E-state index in [1.54, 1.807) is 20.8 Å². The molecule has 3 rings (SSSR count). The molecule has 0 aliphatic rings. The first-order valence-corrected chi connectivity index (χ1v) is 10.6. The Labute approximate surface area is 193 Å². The zero-order chi connectivity index (χ0) is 24.2. The number of rotatable bonds is 7. The SMILES string of the molecule is COC(=O)c1nc(-c2sccc2[N+](=O)[O-])nc(OCc2ccccc2)c1OC(=O)C(C)(C)C. The van der Waals surface area contributed by atoms with Crippen molar-refractivity contribution in [3.8, 4) is 22.3 Å². The van der Waals surface area contributed by atoms with E-state index in [4.69, 9.17) is 14.2 Å². The summed E-state index contributed by atoms with van der Waals surface area (Å²) in [6.45, 7) is 4.95. The highest BCUT2D eigenvalue weighted by Gasteiger charge is 2.32. The maximum absolute atomic E-state index is 12.6. The van der Waals surface area contributed by atoms with Crippen LogP contribution in [0.1, 0.15) is 36.8 Å². The second-order valence-corrected chi connectivity index (χ2v) is 8.74. The number of nitro groups is 1. The second kappa shape index (κ2) is 9.74. The summed E-state index contributed by atoms with van der Waals surface area (Å²) in [7, 11) is 1.14. The number of ether oxygens (including phenoxy) is 3. The molecule has 0 radical (unpaired) electrons. The highest BCUT2D eigenvalue weighted by molar-refractivity contribution is 7.14. The number of carbonyl (C=O) groups excluding carboxylic acids is 2. The lowest BCUT2D eigenvalue weighted by Gasteiger charge is -2.19. The summed E-state index contributed by atoms with van der Waals surface area (Å²) in [5.41, 5.74) is -0.738. The molecule has 0 fully saturated rings. The van der Waals surface area contributed by atoms with Gasteiger partial charge in [0.25, 0.3) is 11.6 Å². The minimum atomic E-state index is -0.917. The summed E-state index contributed by atoms with van der Waals surface area (Å²) in [5.74, 6) is -2.24. The molecule has 1 aromatic carbocycles. The molecule has 11 heteroatoms. The van der Waals surface area contributed by atoms with Gasteiger partial charge in [-0.1, -0.05) is 30.3 Å². The van der Waals surface area contributed by atoms with E-state index in [1.807, 2.05) is 30.3 Å². The lowest BCUT2D eigenvalue weighted by Crippen LogP contribution is -2.27. The van der Waals surface area contributed by atoms with Crippen LogP contribution in [0.15, 0.2) is 41.8 Å². The first-order chi connectivity index (χ1) is 15.6. The monoisotopic (exact) mass is 471 g/mol. The van der Waals surface area contributed by atoms with Crippen LogP contribution in [0.3, 0.4) is 0 Å². The summed E-state index contributed by atoms with van der Waals surface area (Å²) in [5, 5.41) is 12.9. The number of hydrogen-bond acceptors (Lipinski definition) is 10. The Hall–Kier alpha value is -3.86. The number of carbonyl (C=O) groups is 2. The van der Waals surface area contributed by atoms with Gasteiger partial charge in [0.15, 0.2) is 11.5 Å². The minimum Gasteiger partial charge on any atom is -0.470 e. The third-order valence-corrected chi connectivity index (χ3v) is 5.18. The van der Waals surface area contributed by atoms with Gasteiger partial charge in [-0.3, -0.25) is 14.9 Å². The van der Waals surface area contributed by atoms with E-state index in [0.717, 1.165) is 24.0 Å². The second-order valence-electron chi connectivity index (χ2n) is 7.83. The van der Waals surface area contributed by atoms with Crippen molar-refractivity contribution in [2.24, 2.45) is 5.41 Å². The van der Waals surface area contributed by atoms with E-state index >= 15 is 0 Å². The number of aromatic nitrogens is 2. The van der Waals surface area contributed by atoms with E-state index in [2.05, 4.69) is 9.97 Å². The molecule has 3 aromatic rings. The van der Waals surface area contributed by atoms with Crippen molar-refractivity contribution in [1.29, 1.82) is 0 Å². The first-order valence-electron chi connectivity index (χ1n) is 9.73. The van der Waals surface area contributed by atoms with Crippen LogP contribution in [-0.2, 0) is 16.1 Å². The summed E-state index contributed by atoms with van der Waals surface area (Å²) in [6.07, 6.45) is 0. The maximum Gasteiger partial charge on any atom is 0.360 e. The Morgan fingerprint density at radius 1 is 1.12 bits per heavy atom. The fourth-order valence-corrected chi connectivity index (χ4v) is 3.33. The zero-order valence-corrected chi connectivity index (χ0v) is 19.2. The molecule has 0 saturated heterocycles. The predicted octanol–water partition coefficient (Wildman–Crippen LogP) is 4.43. The molecule has 0 atom stereocenters. The van der Waals surface area contributed by atoms with Gasteiger partial charge >= 0.3 is 11.9 Å². The number of nitrogens with zero attached hydrogens (tertiary/aromatic N) is 3. The van der Waals surface area contributed by atoms with Gasteiger partial charge in [0.2, 0.25) is 5.75 Å². The molecular weight excluding hydrogens is 450 g/mol. The Kier molecular flexibility index (Phi) is 7.02. The molecular formula is C22H21N3O7S. The summed E-state index contributed by atoms with van der Waals surface area (Å²) < 4.78 is 16.1. The van der Waals surface area contributed by atoms with Crippen LogP contribution >= 0.6 is 11.3 Å². The molecule has 0 bridgehead atoms. The fourth-order valence-electron chi connectivity index (χ4n) is 2.54. The van der Waals surface area contributed by atoms with Crippen LogP contribution < -0.4 is 9.47 Å². The highest BCUT2D eigenvalue weighted by Crippen LogP contribution is 2.38. The van der Waals surface area contributed by atoms with Gasteiger partial charge in [-0.05, 0) is 31.7 Å². The van der Waals surface area contributed by atoms with Crippen molar-refractivity contribution in [3.05, 3.63) is 63.1 Å². The topological polar surface area (TPSA) is 131 Å². The van der Waals surface area contributed by atoms with Crippen molar-refractivity contribution in [1.82, 2.24) is 9.97 Å². The van der Waals surface area contributed by atoms with Gasteiger partial charge in [0.05, 0.1) is 17.4 Å². The van der Waals surface area contributed by atoms with Crippen LogP contribution in [0.25, 0.3) is 10.7 Å². The van der Waals surface area contributed by atoms with E-state index in [9.17, 15) is 19.7 Å². The van der Waals surface area contributed by atoms with Gasteiger partial charge in [-0.2, -0.15) is 4.98 Å². The van der Waals surface area contributed by atoms with Crippen molar-refractivity contribution in [2.75, 3.05) is 7.11 Å². The van der Waals surface area contributed by atoms with Crippen LogP contribution in [-0.4, -0.2) is 33.9 Å². The van der Waals surface area contributed by atoms with Crippen LogP contribution in [0.5, 0.6) is 11.6 Å². The molecule has 0 aliphatic carbocycles. The summed E-state index contributed by atoms with van der Waals surface area (Å²) in [6, 6.07) is 10.4. The summed E-state index contributed by atoms with van der Waals surface area (Å²) in [4.78, 5) is 44.5. The maximum atomic E-state index is 12.6. The van der Waals surface area contributed by atoms with Gasteiger partial charge in [0.1, 0.15) is 11.5 Å². The number of benzene rings is 1. The van der Waals surface area contributed by atoms with Gasteiger partial charge in [-0.15, -0.1) is 11.3 Å². The van der Waals surface area contributed by atoms with Gasteiger partial charge < -0.3 is 14.2 Å². The lowest BCUT2D eigenvalue weighted by molar-refractivity contribution is -0.383.